The topological polar surface area (TPSA) is 47.0 Å². The molecule has 0 atom stereocenters. The Hall–Kier alpha value is -1.36. The predicted molar refractivity (Wildman–Crippen MR) is 75.9 cm³/mol. The Kier molecular flexibility index (Phi) is 4.96. The van der Waals surface area contributed by atoms with Gasteiger partial charge in [0.2, 0.25) is 5.88 Å². The number of benzene rings is 1. The molecule has 0 amide bonds. The van der Waals surface area contributed by atoms with Crippen LogP contribution < -0.4 is 10.1 Å². The molecule has 0 aliphatic rings. The predicted octanol–water partition coefficient (Wildman–Crippen LogP) is 3.69. The lowest BCUT2D eigenvalue weighted by molar-refractivity contribution is 0.453. The molecule has 0 aliphatic heterocycles. The Morgan fingerprint density at radius 3 is 2.58 bits per heavy atom. The minimum absolute atomic E-state index is 0.415. The van der Waals surface area contributed by atoms with Crippen LogP contribution in [0.25, 0.3) is 0 Å². The summed E-state index contributed by atoms with van der Waals surface area (Å²) in [7, 11) is 0. The zero-order valence-corrected chi connectivity index (χ0v) is 11.9. The number of hydrogen-bond acceptors (Lipinski definition) is 4. The molecule has 1 heterocycles. The van der Waals surface area contributed by atoms with E-state index < -0.39 is 0 Å². The molecule has 19 heavy (non-hydrogen) atoms. The second-order valence-corrected chi connectivity index (χ2v) is 4.64. The van der Waals surface area contributed by atoms with Crippen molar-refractivity contribution in [2.45, 2.75) is 13.5 Å². The van der Waals surface area contributed by atoms with Gasteiger partial charge in [-0.1, -0.05) is 30.1 Å². The fourth-order valence-corrected chi connectivity index (χ4v) is 1.70. The van der Waals surface area contributed by atoms with E-state index in [4.69, 9.17) is 27.9 Å². The normalized spacial score (nSPS) is 10.5. The third-order valence-electron chi connectivity index (χ3n) is 2.36. The Bertz CT molecular complexity index is 546. The van der Waals surface area contributed by atoms with Gasteiger partial charge in [0.25, 0.3) is 0 Å². The number of rotatable bonds is 5. The lowest BCUT2D eigenvalue weighted by Crippen LogP contribution is -2.13. The summed E-state index contributed by atoms with van der Waals surface area (Å²) in [6.07, 6.45) is 0. The van der Waals surface area contributed by atoms with Gasteiger partial charge >= 0.3 is 0 Å². The van der Waals surface area contributed by atoms with Crippen LogP contribution in [-0.2, 0) is 6.54 Å². The van der Waals surface area contributed by atoms with Crippen molar-refractivity contribution in [2.75, 3.05) is 6.54 Å². The average Bonchev–Trinajstić information content (AvgIpc) is 2.42. The maximum absolute atomic E-state index is 5.91. The van der Waals surface area contributed by atoms with E-state index in [2.05, 4.69) is 15.5 Å². The number of ether oxygens (including phenoxy) is 1. The summed E-state index contributed by atoms with van der Waals surface area (Å²) >= 11 is 11.7. The summed E-state index contributed by atoms with van der Waals surface area (Å²) in [5, 5.41) is 12.1. The van der Waals surface area contributed by atoms with E-state index in [1.54, 1.807) is 24.3 Å². The van der Waals surface area contributed by atoms with Gasteiger partial charge in [-0.15, -0.1) is 5.10 Å². The average molecular weight is 298 g/mol. The van der Waals surface area contributed by atoms with Gasteiger partial charge in [0.15, 0.2) is 0 Å². The summed E-state index contributed by atoms with van der Waals surface area (Å²) < 4.78 is 5.54. The van der Waals surface area contributed by atoms with Gasteiger partial charge in [-0.3, -0.25) is 0 Å². The van der Waals surface area contributed by atoms with Crippen molar-refractivity contribution in [2.24, 2.45) is 0 Å². The number of aromatic nitrogens is 2. The Morgan fingerprint density at radius 2 is 1.95 bits per heavy atom. The first kappa shape index (κ1) is 14.1. The molecule has 0 saturated carbocycles. The summed E-state index contributed by atoms with van der Waals surface area (Å²) in [5.74, 6) is 0.988. The largest absolute Gasteiger partial charge is 0.437 e. The van der Waals surface area contributed by atoms with Gasteiger partial charge in [-0.2, -0.15) is 5.10 Å². The highest BCUT2D eigenvalue weighted by atomic mass is 35.5. The Morgan fingerprint density at radius 1 is 1.11 bits per heavy atom. The van der Waals surface area contributed by atoms with Crippen molar-refractivity contribution in [3.63, 3.8) is 0 Å². The quantitative estimate of drug-likeness (QED) is 0.914. The molecule has 2 rings (SSSR count). The van der Waals surface area contributed by atoms with Gasteiger partial charge in [-0.05, 0) is 24.7 Å². The fourth-order valence-electron chi connectivity index (χ4n) is 1.41. The van der Waals surface area contributed by atoms with Gasteiger partial charge in [0, 0.05) is 18.7 Å². The molecule has 0 saturated heterocycles. The van der Waals surface area contributed by atoms with Crippen molar-refractivity contribution in [3.8, 4) is 11.6 Å². The van der Waals surface area contributed by atoms with Gasteiger partial charge in [0.05, 0.1) is 15.7 Å². The summed E-state index contributed by atoms with van der Waals surface area (Å²) in [6.45, 7) is 3.62. The maximum Gasteiger partial charge on any atom is 0.238 e. The third kappa shape index (κ3) is 4.06. The van der Waals surface area contributed by atoms with Gasteiger partial charge < -0.3 is 10.1 Å². The van der Waals surface area contributed by atoms with Crippen molar-refractivity contribution in [3.05, 3.63) is 46.1 Å². The number of halogens is 2. The van der Waals surface area contributed by atoms with Crippen molar-refractivity contribution in [1.82, 2.24) is 15.5 Å². The lowest BCUT2D eigenvalue weighted by atomic mass is 10.3. The highest BCUT2D eigenvalue weighted by Gasteiger charge is 2.03. The first-order chi connectivity index (χ1) is 9.19. The highest BCUT2D eigenvalue weighted by Crippen LogP contribution is 2.28. The van der Waals surface area contributed by atoms with Crippen LogP contribution >= 0.6 is 23.2 Å². The van der Waals surface area contributed by atoms with Gasteiger partial charge in [-0.25, -0.2) is 0 Å². The second kappa shape index (κ2) is 6.70. The Labute approximate surface area is 121 Å². The first-order valence-corrected chi connectivity index (χ1v) is 6.61. The summed E-state index contributed by atoms with van der Waals surface area (Å²) in [6, 6.07) is 8.66. The van der Waals surface area contributed by atoms with E-state index in [0.29, 0.717) is 28.2 Å². The summed E-state index contributed by atoms with van der Waals surface area (Å²) in [4.78, 5) is 0. The molecule has 0 spiro atoms. The van der Waals surface area contributed by atoms with Crippen LogP contribution in [0.2, 0.25) is 10.0 Å². The van der Waals surface area contributed by atoms with Gasteiger partial charge in [0.1, 0.15) is 5.75 Å². The first-order valence-electron chi connectivity index (χ1n) is 5.85. The standard InChI is InChI=1S/C13H13Cl2N3O/c1-2-16-8-9-3-6-13(18-17-9)19-10-4-5-11(14)12(15)7-10/h3-7,16H,2,8H2,1H3. The minimum Gasteiger partial charge on any atom is -0.437 e. The fraction of sp³-hybridized carbons (Fsp3) is 0.231. The molecule has 1 aromatic carbocycles. The molecule has 2 aromatic rings. The van der Waals surface area contributed by atoms with Crippen LogP contribution in [0, 0.1) is 0 Å². The second-order valence-electron chi connectivity index (χ2n) is 3.82. The lowest BCUT2D eigenvalue weighted by Gasteiger charge is -2.06. The minimum atomic E-state index is 0.415. The van der Waals surface area contributed by atoms with Crippen LogP contribution in [0.5, 0.6) is 11.6 Å². The maximum atomic E-state index is 5.91. The van der Waals surface area contributed by atoms with Crippen LogP contribution in [-0.4, -0.2) is 16.7 Å². The molecule has 1 aromatic heterocycles. The van der Waals surface area contributed by atoms with E-state index in [0.717, 1.165) is 12.2 Å². The number of hydrogen-bond donors (Lipinski definition) is 1. The van der Waals surface area contributed by atoms with E-state index in [-0.39, 0.29) is 0 Å². The van der Waals surface area contributed by atoms with Crippen LogP contribution in [0.1, 0.15) is 12.6 Å². The monoisotopic (exact) mass is 297 g/mol. The molecule has 0 aliphatic carbocycles. The van der Waals surface area contributed by atoms with Crippen molar-refractivity contribution >= 4 is 23.2 Å². The molecular formula is C13H13Cl2N3O. The molecule has 6 heteroatoms. The van der Waals surface area contributed by atoms with Crippen molar-refractivity contribution in [1.29, 1.82) is 0 Å². The molecule has 0 unspecified atom stereocenters. The van der Waals surface area contributed by atoms with E-state index in [1.165, 1.54) is 0 Å². The molecule has 0 bridgehead atoms. The zero-order valence-electron chi connectivity index (χ0n) is 10.4. The molecule has 0 radical (unpaired) electrons. The van der Waals surface area contributed by atoms with Crippen LogP contribution in [0.4, 0.5) is 0 Å². The Balaban J connectivity index is 2.04. The molecule has 100 valence electrons. The van der Waals surface area contributed by atoms with Crippen molar-refractivity contribution < 1.29 is 4.74 Å². The number of nitrogens with one attached hydrogen (secondary N) is 1. The van der Waals surface area contributed by atoms with E-state index >= 15 is 0 Å². The smallest absolute Gasteiger partial charge is 0.238 e. The molecular weight excluding hydrogens is 285 g/mol. The number of nitrogens with zero attached hydrogens (tertiary/aromatic N) is 2. The van der Waals surface area contributed by atoms with Crippen LogP contribution in [0.15, 0.2) is 30.3 Å². The molecule has 0 fully saturated rings. The highest BCUT2D eigenvalue weighted by molar-refractivity contribution is 6.42. The zero-order chi connectivity index (χ0) is 13.7. The summed E-state index contributed by atoms with van der Waals surface area (Å²) in [5.41, 5.74) is 0.864. The SMILES string of the molecule is CCNCc1ccc(Oc2ccc(Cl)c(Cl)c2)nn1. The molecule has 1 N–H and O–H groups in total. The molecule has 4 nitrogen and oxygen atoms in total. The van der Waals surface area contributed by atoms with E-state index in [1.807, 2.05) is 13.0 Å². The van der Waals surface area contributed by atoms with E-state index in [9.17, 15) is 0 Å². The van der Waals surface area contributed by atoms with Crippen LogP contribution in [0.3, 0.4) is 0 Å². The third-order valence-corrected chi connectivity index (χ3v) is 3.10.